The Labute approximate surface area is 110 Å². The summed E-state index contributed by atoms with van der Waals surface area (Å²) in [5.74, 6) is 0.0783. The van der Waals surface area contributed by atoms with E-state index in [1.165, 1.54) is 17.0 Å². The molecule has 19 heavy (non-hydrogen) atoms. The van der Waals surface area contributed by atoms with Gasteiger partial charge in [-0.25, -0.2) is 0 Å². The van der Waals surface area contributed by atoms with E-state index in [-0.39, 0.29) is 41.2 Å². The summed E-state index contributed by atoms with van der Waals surface area (Å²) in [6, 6.07) is 6.22. The third-order valence-corrected chi connectivity index (χ3v) is 4.58. The molecule has 1 aliphatic heterocycles. The molecule has 1 saturated carbocycles. The van der Waals surface area contributed by atoms with E-state index in [1.807, 2.05) is 0 Å². The largest absolute Gasteiger partial charge is 0.508 e. The van der Waals surface area contributed by atoms with Gasteiger partial charge in [0.1, 0.15) is 5.75 Å². The Balaban J connectivity index is 1.74. The number of nitrogens with zero attached hydrogens (tertiary/aromatic N) is 1. The quantitative estimate of drug-likeness (QED) is 0.614. The fourth-order valence-electron chi connectivity index (χ4n) is 3.76. The van der Waals surface area contributed by atoms with Gasteiger partial charge in [-0.2, -0.15) is 0 Å². The smallest absolute Gasteiger partial charge is 0.238 e. The summed E-state index contributed by atoms with van der Waals surface area (Å²) in [4.78, 5) is 26.3. The van der Waals surface area contributed by atoms with Gasteiger partial charge < -0.3 is 5.11 Å². The molecule has 3 aliphatic rings. The van der Waals surface area contributed by atoms with Crippen molar-refractivity contribution in [1.82, 2.24) is 0 Å². The first-order valence-corrected chi connectivity index (χ1v) is 6.52. The number of hydrogen-bond acceptors (Lipinski definition) is 3. The molecule has 0 spiro atoms. The predicted molar refractivity (Wildman–Crippen MR) is 68.3 cm³/mol. The van der Waals surface area contributed by atoms with E-state index in [0.717, 1.165) is 6.42 Å². The zero-order valence-corrected chi connectivity index (χ0v) is 10.2. The predicted octanol–water partition coefficient (Wildman–Crippen LogP) is 1.70. The Bertz CT molecular complexity index is 574. The van der Waals surface area contributed by atoms with Crippen molar-refractivity contribution in [2.45, 2.75) is 6.42 Å². The third kappa shape index (κ3) is 1.28. The molecule has 0 aromatic heterocycles. The second-order valence-corrected chi connectivity index (χ2v) is 5.53. The van der Waals surface area contributed by atoms with Crippen LogP contribution < -0.4 is 4.90 Å². The fourth-order valence-corrected chi connectivity index (χ4v) is 3.76. The highest BCUT2D eigenvalue weighted by molar-refractivity contribution is 6.22. The van der Waals surface area contributed by atoms with Crippen LogP contribution in [0.2, 0.25) is 0 Å². The maximum absolute atomic E-state index is 12.5. The number of phenolic OH excluding ortho intramolecular Hbond substituents is 1. The average Bonchev–Trinajstić information content (AvgIpc) is 3.06. The maximum atomic E-state index is 12.5. The molecule has 1 aromatic rings. The number of amides is 2. The topological polar surface area (TPSA) is 57.6 Å². The van der Waals surface area contributed by atoms with Crippen molar-refractivity contribution in [2.24, 2.45) is 23.7 Å². The molecule has 4 atom stereocenters. The normalized spacial score (nSPS) is 35.3. The highest BCUT2D eigenvalue weighted by atomic mass is 16.3. The van der Waals surface area contributed by atoms with Gasteiger partial charge in [-0.1, -0.05) is 12.2 Å². The number of phenols is 1. The van der Waals surface area contributed by atoms with Gasteiger partial charge in [0.25, 0.3) is 0 Å². The summed E-state index contributed by atoms with van der Waals surface area (Å²) >= 11 is 0. The van der Waals surface area contributed by atoms with Crippen LogP contribution in [0.5, 0.6) is 5.75 Å². The van der Waals surface area contributed by atoms with Crippen LogP contribution in [0.4, 0.5) is 5.69 Å². The summed E-state index contributed by atoms with van der Waals surface area (Å²) in [7, 11) is 0. The first kappa shape index (κ1) is 10.8. The molecule has 4 heteroatoms. The van der Waals surface area contributed by atoms with Gasteiger partial charge in [0.15, 0.2) is 0 Å². The standard InChI is InChI=1S/C15H13NO3/c17-11-5-3-10(4-6-11)16-14(18)12-8-1-2-9(7-8)13(12)15(16)19/h1-6,8-9,12-13,17H,7H2. The summed E-state index contributed by atoms with van der Waals surface area (Å²) in [6.45, 7) is 0. The van der Waals surface area contributed by atoms with E-state index in [2.05, 4.69) is 12.2 Å². The van der Waals surface area contributed by atoms with E-state index in [9.17, 15) is 14.7 Å². The number of hydrogen-bond donors (Lipinski definition) is 1. The summed E-state index contributed by atoms with van der Waals surface area (Å²) in [5.41, 5.74) is 0.557. The van der Waals surface area contributed by atoms with Crippen LogP contribution in [-0.4, -0.2) is 16.9 Å². The van der Waals surface area contributed by atoms with Gasteiger partial charge in [0.05, 0.1) is 17.5 Å². The Hall–Kier alpha value is -2.10. The Morgan fingerprint density at radius 2 is 1.47 bits per heavy atom. The number of allylic oxidation sites excluding steroid dienone is 2. The van der Waals surface area contributed by atoms with Gasteiger partial charge in [0.2, 0.25) is 11.8 Å². The molecule has 4 rings (SSSR count). The number of carbonyl (C=O) groups is 2. The minimum Gasteiger partial charge on any atom is -0.508 e. The summed E-state index contributed by atoms with van der Waals surface area (Å²) in [6.07, 6.45) is 5.10. The lowest BCUT2D eigenvalue weighted by Gasteiger charge is -2.17. The first-order valence-electron chi connectivity index (χ1n) is 6.52. The molecule has 96 valence electrons. The molecule has 0 radical (unpaired) electrons. The number of carbonyl (C=O) groups excluding carboxylic acids is 2. The number of imide groups is 1. The van der Waals surface area contributed by atoms with Gasteiger partial charge in [-0.05, 0) is 42.5 Å². The number of fused-ring (bicyclic) bond motifs is 5. The van der Waals surface area contributed by atoms with Crippen molar-refractivity contribution in [2.75, 3.05) is 4.90 Å². The Morgan fingerprint density at radius 1 is 0.947 bits per heavy atom. The van der Waals surface area contributed by atoms with E-state index < -0.39 is 0 Å². The van der Waals surface area contributed by atoms with E-state index in [0.29, 0.717) is 5.69 Å². The second kappa shape index (κ2) is 3.47. The lowest BCUT2D eigenvalue weighted by Crippen LogP contribution is -2.32. The molecule has 1 saturated heterocycles. The van der Waals surface area contributed by atoms with Crippen molar-refractivity contribution >= 4 is 17.5 Å². The van der Waals surface area contributed by atoms with Gasteiger partial charge >= 0.3 is 0 Å². The van der Waals surface area contributed by atoms with Crippen molar-refractivity contribution in [1.29, 1.82) is 0 Å². The van der Waals surface area contributed by atoms with E-state index in [1.54, 1.807) is 12.1 Å². The second-order valence-electron chi connectivity index (χ2n) is 5.53. The SMILES string of the molecule is O=C1C2C3C=CC(C3)C2C(=O)N1c1ccc(O)cc1. The molecule has 4 nitrogen and oxygen atoms in total. The number of rotatable bonds is 1. The zero-order chi connectivity index (χ0) is 13.1. The third-order valence-electron chi connectivity index (χ3n) is 4.58. The monoisotopic (exact) mass is 255 g/mol. The van der Waals surface area contributed by atoms with Crippen LogP contribution in [0.3, 0.4) is 0 Å². The molecular weight excluding hydrogens is 242 g/mol. The lowest BCUT2D eigenvalue weighted by atomic mass is 9.85. The average molecular weight is 255 g/mol. The molecule has 1 aromatic carbocycles. The van der Waals surface area contributed by atoms with Crippen molar-refractivity contribution < 1.29 is 14.7 Å². The lowest BCUT2D eigenvalue weighted by molar-refractivity contribution is -0.123. The molecule has 2 fully saturated rings. The van der Waals surface area contributed by atoms with Crippen LogP contribution in [0.1, 0.15) is 6.42 Å². The fraction of sp³-hybridized carbons (Fsp3) is 0.333. The zero-order valence-electron chi connectivity index (χ0n) is 10.2. The minimum atomic E-state index is -0.170. The molecule has 1 N–H and O–H groups in total. The first-order chi connectivity index (χ1) is 9.16. The maximum Gasteiger partial charge on any atom is 0.238 e. The number of anilines is 1. The van der Waals surface area contributed by atoms with E-state index in [4.69, 9.17) is 0 Å². The van der Waals surface area contributed by atoms with Crippen molar-refractivity contribution in [3.8, 4) is 5.75 Å². The highest BCUT2D eigenvalue weighted by Crippen LogP contribution is 2.53. The summed E-state index contributed by atoms with van der Waals surface area (Å²) < 4.78 is 0. The highest BCUT2D eigenvalue weighted by Gasteiger charge is 2.59. The van der Waals surface area contributed by atoms with Crippen molar-refractivity contribution in [3.63, 3.8) is 0 Å². The number of aromatic hydroxyl groups is 1. The van der Waals surface area contributed by atoms with E-state index >= 15 is 0 Å². The van der Waals surface area contributed by atoms with Gasteiger partial charge in [-0.3, -0.25) is 14.5 Å². The van der Waals surface area contributed by atoms with Gasteiger partial charge in [-0.15, -0.1) is 0 Å². The Morgan fingerprint density at radius 3 is 2.00 bits per heavy atom. The minimum absolute atomic E-state index is 0.0856. The van der Waals surface area contributed by atoms with Gasteiger partial charge in [0, 0.05) is 0 Å². The molecule has 4 unspecified atom stereocenters. The molecule has 2 bridgehead atoms. The Kier molecular flexibility index (Phi) is 1.97. The molecular formula is C15H13NO3. The number of benzene rings is 1. The van der Waals surface area contributed by atoms with Crippen LogP contribution >= 0.6 is 0 Å². The van der Waals surface area contributed by atoms with Crippen molar-refractivity contribution in [3.05, 3.63) is 36.4 Å². The summed E-state index contributed by atoms with van der Waals surface area (Å²) in [5, 5.41) is 9.29. The van der Waals surface area contributed by atoms with Crippen LogP contribution in [0.25, 0.3) is 0 Å². The molecule has 1 heterocycles. The van der Waals surface area contributed by atoms with Crippen LogP contribution in [-0.2, 0) is 9.59 Å². The van der Waals surface area contributed by atoms with Crippen LogP contribution in [0.15, 0.2) is 36.4 Å². The van der Waals surface area contributed by atoms with Crippen LogP contribution in [0, 0.1) is 23.7 Å². The molecule has 2 aliphatic carbocycles. The molecule has 2 amide bonds.